The van der Waals surface area contributed by atoms with Crippen LogP contribution in [0.3, 0.4) is 0 Å². The predicted octanol–water partition coefficient (Wildman–Crippen LogP) is 8.43. The number of rotatable bonds is 10. The van der Waals surface area contributed by atoms with Crippen LogP contribution in [0.2, 0.25) is 0 Å². The van der Waals surface area contributed by atoms with E-state index in [1.165, 1.54) is 30.4 Å². The first-order valence-electron chi connectivity index (χ1n) is 13.3. The van der Waals surface area contributed by atoms with Crippen molar-refractivity contribution >= 4 is 0 Å². The number of benzene rings is 4. The second-order valence-corrected chi connectivity index (χ2v) is 10.5. The summed E-state index contributed by atoms with van der Waals surface area (Å²) in [5, 5.41) is 29.7. The molecule has 4 rings (SSSR count). The van der Waals surface area contributed by atoms with E-state index in [0.717, 1.165) is 29.5 Å². The van der Waals surface area contributed by atoms with Crippen LogP contribution in [0.1, 0.15) is 80.7 Å². The molecule has 0 aliphatic heterocycles. The molecule has 3 heteroatoms. The Labute approximate surface area is 221 Å². The van der Waals surface area contributed by atoms with E-state index < -0.39 is 5.41 Å². The van der Waals surface area contributed by atoms with Crippen LogP contribution in [-0.4, -0.2) is 15.3 Å². The zero-order valence-electron chi connectivity index (χ0n) is 22.1. The average molecular weight is 495 g/mol. The van der Waals surface area contributed by atoms with Crippen LogP contribution < -0.4 is 0 Å². The van der Waals surface area contributed by atoms with Crippen molar-refractivity contribution in [3.63, 3.8) is 0 Å². The maximum atomic E-state index is 9.91. The second-order valence-electron chi connectivity index (χ2n) is 10.5. The molecule has 3 N–H and O–H groups in total. The fourth-order valence-electron chi connectivity index (χ4n) is 5.45. The van der Waals surface area contributed by atoms with E-state index in [2.05, 4.69) is 45.0 Å². The molecule has 0 spiro atoms. The van der Waals surface area contributed by atoms with Gasteiger partial charge in [-0.15, -0.1) is 0 Å². The van der Waals surface area contributed by atoms with E-state index in [1.807, 2.05) is 36.4 Å². The van der Waals surface area contributed by atoms with Crippen LogP contribution in [0.25, 0.3) is 0 Å². The Balaban J connectivity index is 1.77. The highest BCUT2D eigenvalue weighted by molar-refractivity contribution is 5.52. The van der Waals surface area contributed by atoms with Gasteiger partial charge in [0.15, 0.2) is 0 Å². The standard InChI is InChI=1S/C34H38O3/c1-4-5-6-7-24-33(2,26-12-18-30(35)19-13-26)25-8-10-27(11-9-25)34(3,28-14-20-31(36)21-15-28)29-16-22-32(37)23-17-29/h8-23,35-37H,4-7,24H2,1-3H3. The van der Waals surface area contributed by atoms with Crippen molar-refractivity contribution in [2.45, 2.75) is 63.7 Å². The molecule has 0 amide bonds. The largest absolute Gasteiger partial charge is 0.508 e. The van der Waals surface area contributed by atoms with Crippen LogP contribution in [0, 0.1) is 0 Å². The number of aromatic hydroxyl groups is 3. The van der Waals surface area contributed by atoms with Crippen LogP contribution in [0.15, 0.2) is 97.1 Å². The highest BCUT2D eigenvalue weighted by atomic mass is 16.3. The summed E-state index contributed by atoms with van der Waals surface area (Å²) in [5.74, 6) is 0.755. The third-order valence-electron chi connectivity index (χ3n) is 8.02. The Morgan fingerprint density at radius 2 is 0.784 bits per heavy atom. The molecule has 3 nitrogen and oxygen atoms in total. The maximum Gasteiger partial charge on any atom is 0.115 e. The predicted molar refractivity (Wildman–Crippen MR) is 152 cm³/mol. The fraction of sp³-hybridized carbons (Fsp3) is 0.294. The summed E-state index contributed by atoms with van der Waals surface area (Å²) in [6, 6.07) is 31.3. The summed E-state index contributed by atoms with van der Waals surface area (Å²) in [7, 11) is 0. The third kappa shape index (κ3) is 5.51. The summed E-state index contributed by atoms with van der Waals surface area (Å²) in [5.41, 5.74) is 5.05. The second kappa shape index (κ2) is 11.1. The van der Waals surface area contributed by atoms with Crippen molar-refractivity contribution in [2.75, 3.05) is 0 Å². The number of hydrogen-bond donors (Lipinski definition) is 3. The van der Waals surface area contributed by atoms with Gasteiger partial charge in [-0.2, -0.15) is 0 Å². The molecule has 0 aromatic heterocycles. The lowest BCUT2D eigenvalue weighted by molar-refractivity contribution is 0.466. The minimum atomic E-state index is -0.476. The van der Waals surface area contributed by atoms with Gasteiger partial charge in [-0.3, -0.25) is 0 Å². The van der Waals surface area contributed by atoms with Gasteiger partial charge in [-0.1, -0.05) is 100 Å². The first kappa shape index (κ1) is 26.3. The molecule has 0 radical (unpaired) electrons. The summed E-state index contributed by atoms with van der Waals surface area (Å²) in [6.07, 6.45) is 5.83. The molecule has 0 fully saturated rings. The lowest BCUT2D eigenvalue weighted by Crippen LogP contribution is -2.27. The van der Waals surface area contributed by atoms with Gasteiger partial charge in [0.1, 0.15) is 17.2 Å². The van der Waals surface area contributed by atoms with Gasteiger partial charge >= 0.3 is 0 Å². The molecule has 0 saturated carbocycles. The zero-order valence-corrected chi connectivity index (χ0v) is 22.1. The summed E-state index contributed by atoms with van der Waals surface area (Å²) < 4.78 is 0. The highest BCUT2D eigenvalue weighted by Gasteiger charge is 2.33. The summed E-state index contributed by atoms with van der Waals surface area (Å²) in [4.78, 5) is 0. The molecular weight excluding hydrogens is 456 g/mol. The lowest BCUT2D eigenvalue weighted by Gasteiger charge is -2.34. The van der Waals surface area contributed by atoms with Gasteiger partial charge in [0.25, 0.3) is 0 Å². The fourth-order valence-corrected chi connectivity index (χ4v) is 5.45. The Bertz CT molecular complexity index is 1230. The van der Waals surface area contributed by atoms with Crippen molar-refractivity contribution in [2.24, 2.45) is 0 Å². The third-order valence-corrected chi connectivity index (χ3v) is 8.02. The first-order chi connectivity index (χ1) is 17.8. The van der Waals surface area contributed by atoms with Crippen LogP contribution >= 0.6 is 0 Å². The SMILES string of the molecule is CCCCCCC(C)(c1ccc(O)cc1)c1ccc(C(C)(c2ccc(O)cc2)c2ccc(O)cc2)cc1. The molecule has 0 heterocycles. The Morgan fingerprint density at radius 1 is 0.459 bits per heavy atom. The molecule has 1 unspecified atom stereocenters. The zero-order chi connectivity index (χ0) is 26.5. The van der Waals surface area contributed by atoms with Gasteiger partial charge in [-0.05, 0) is 77.6 Å². The topological polar surface area (TPSA) is 60.7 Å². The molecule has 192 valence electrons. The average Bonchev–Trinajstić information content (AvgIpc) is 2.92. The van der Waals surface area contributed by atoms with Crippen molar-refractivity contribution in [1.82, 2.24) is 0 Å². The summed E-state index contributed by atoms with van der Waals surface area (Å²) >= 11 is 0. The Hall–Kier alpha value is -3.72. The first-order valence-corrected chi connectivity index (χ1v) is 13.3. The Morgan fingerprint density at radius 3 is 1.16 bits per heavy atom. The lowest BCUT2D eigenvalue weighted by atomic mass is 9.69. The number of phenolic OH excluding ortho intramolecular Hbond substituents is 3. The van der Waals surface area contributed by atoms with Gasteiger partial charge in [0.2, 0.25) is 0 Å². The number of phenols is 3. The van der Waals surface area contributed by atoms with E-state index in [-0.39, 0.29) is 22.7 Å². The van der Waals surface area contributed by atoms with Crippen LogP contribution in [0.5, 0.6) is 17.2 Å². The molecule has 0 aliphatic carbocycles. The maximum absolute atomic E-state index is 9.91. The molecule has 4 aromatic rings. The highest BCUT2D eigenvalue weighted by Crippen LogP contribution is 2.42. The van der Waals surface area contributed by atoms with Gasteiger partial charge < -0.3 is 15.3 Å². The van der Waals surface area contributed by atoms with Gasteiger partial charge in [0, 0.05) is 10.8 Å². The molecular formula is C34H38O3. The number of unbranched alkanes of at least 4 members (excludes halogenated alkanes) is 3. The molecule has 0 aliphatic rings. The molecule has 37 heavy (non-hydrogen) atoms. The van der Waals surface area contributed by atoms with Crippen molar-refractivity contribution < 1.29 is 15.3 Å². The quantitative estimate of drug-likeness (QED) is 0.153. The van der Waals surface area contributed by atoms with Crippen molar-refractivity contribution in [3.05, 3.63) is 125 Å². The smallest absolute Gasteiger partial charge is 0.115 e. The van der Waals surface area contributed by atoms with E-state index in [9.17, 15) is 15.3 Å². The number of hydrogen-bond acceptors (Lipinski definition) is 3. The van der Waals surface area contributed by atoms with Crippen molar-refractivity contribution in [3.8, 4) is 17.2 Å². The van der Waals surface area contributed by atoms with E-state index in [1.54, 1.807) is 36.4 Å². The summed E-state index contributed by atoms with van der Waals surface area (Å²) in [6.45, 7) is 6.72. The van der Waals surface area contributed by atoms with Crippen LogP contribution in [-0.2, 0) is 10.8 Å². The monoisotopic (exact) mass is 494 g/mol. The van der Waals surface area contributed by atoms with E-state index >= 15 is 0 Å². The van der Waals surface area contributed by atoms with Crippen molar-refractivity contribution in [1.29, 1.82) is 0 Å². The van der Waals surface area contributed by atoms with E-state index in [0.29, 0.717) is 0 Å². The molecule has 0 bridgehead atoms. The molecule has 1 atom stereocenters. The minimum absolute atomic E-state index is 0.173. The van der Waals surface area contributed by atoms with Gasteiger partial charge in [0.05, 0.1) is 0 Å². The molecule has 4 aromatic carbocycles. The van der Waals surface area contributed by atoms with E-state index in [4.69, 9.17) is 0 Å². The normalized spacial score (nSPS) is 13.3. The molecule has 0 saturated heterocycles. The van der Waals surface area contributed by atoms with Gasteiger partial charge in [-0.25, -0.2) is 0 Å². The minimum Gasteiger partial charge on any atom is -0.508 e. The Kier molecular flexibility index (Phi) is 7.92. The van der Waals surface area contributed by atoms with Crippen LogP contribution in [0.4, 0.5) is 0 Å².